The molecule has 4 N–H and O–H groups in total. The molecule has 7 aromatic rings. The number of benzene rings is 1. The lowest BCUT2D eigenvalue weighted by molar-refractivity contribution is -0.144. The van der Waals surface area contributed by atoms with E-state index in [1.807, 2.05) is 40.0 Å². The number of carbonyl (C=O) groups is 2. The lowest BCUT2D eigenvalue weighted by Crippen LogP contribution is -2.50. The number of piperidine rings is 1. The van der Waals surface area contributed by atoms with Gasteiger partial charge in [0, 0.05) is 53.0 Å². The average molecular weight is 1140 g/mol. The minimum atomic E-state index is -0.966. The molecule has 1 saturated carbocycles. The Hall–Kier alpha value is -7.26. The topological polar surface area (TPSA) is 262 Å². The number of aromatic nitrogens is 9. The molecule has 12 rings (SSSR count). The molecule has 20 nitrogen and oxygen atoms in total. The molecule has 0 radical (unpaired) electrons. The molecule has 2 saturated heterocycles. The zero-order valence-corrected chi connectivity index (χ0v) is 47.7. The third kappa shape index (κ3) is 10.6. The first kappa shape index (κ1) is 54.3. The van der Waals surface area contributed by atoms with E-state index in [0.29, 0.717) is 57.9 Å². The van der Waals surface area contributed by atoms with Gasteiger partial charge in [-0.3, -0.25) is 9.59 Å². The summed E-state index contributed by atoms with van der Waals surface area (Å²) in [5.41, 5.74) is 12.5. The number of aliphatic hydroxyl groups excluding tert-OH is 1. The summed E-state index contributed by atoms with van der Waals surface area (Å²) in [6.07, 6.45) is 14.3. The highest BCUT2D eigenvalue weighted by atomic mass is 32.1. The lowest BCUT2D eigenvalue weighted by Gasteiger charge is -2.39. The number of aryl methyl sites for hydroxylation is 2. The van der Waals surface area contributed by atoms with E-state index in [1.165, 1.54) is 40.0 Å². The van der Waals surface area contributed by atoms with Crippen molar-refractivity contribution in [1.29, 1.82) is 5.26 Å². The number of rotatable bonds is 15. The number of thiazole rings is 1. The third-order valence-electron chi connectivity index (χ3n) is 17.1. The Bertz CT molecular complexity index is 3540. The van der Waals surface area contributed by atoms with Gasteiger partial charge in [0.15, 0.2) is 23.0 Å². The number of β-amino-alcohol motifs (C(OH)–C–C–N with tert-alkyl or cyclic N) is 1. The van der Waals surface area contributed by atoms with Crippen LogP contribution in [0.2, 0.25) is 0 Å². The molecule has 2 aliphatic heterocycles. The standard InChI is InChI=1S/C58H65FN14O6S2/c1-32(38-11-10-35(20-41(38)59)49-33(2)64-31-80-49)65-54(75)43-21-36(74)26-72(43)55(76)50(56(3,4)5)73-27-42(68-70-73)34-12-18-71(19-13-34)28-57(16-17-57)29-77-45-22-46(78-37-24-62-30-63-25-37)67-53(66-45)48-39-8-6-14-58(51(39)79-69-48)15-7-9-44-47(58)40(23-60)52(61)81-44/h10-11,20,22,24-25,27,30-32,34,36,43,50,74H,6-9,12-19,21,26,28-29,61H2,1-5H3,(H,65,75)/t32-,36+,43-,50+,58-/m0/s1. The fraction of sp³-hybridized carbons (Fsp3) is 0.500. The Morgan fingerprint density at radius 1 is 1.07 bits per heavy atom. The van der Waals surface area contributed by atoms with Crippen molar-refractivity contribution in [1.82, 2.24) is 60.2 Å². The molecule has 0 unspecified atom stereocenters. The van der Waals surface area contributed by atoms with Crippen molar-refractivity contribution in [3.8, 4) is 45.5 Å². The molecule has 2 amide bonds. The first-order valence-corrected chi connectivity index (χ1v) is 29.6. The number of ether oxygens (including phenoxy) is 2. The van der Waals surface area contributed by atoms with Gasteiger partial charge in [0.1, 0.15) is 35.3 Å². The van der Waals surface area contributed by atoms with Gasteiger partial charge < -0.3 is 40.0 Å². The Morgan fingerprint density at radius 2 is 1.84 bits per heavy atom. The molecule has 8 heterocycles. The molecule has 5 aliphatic rings. The molecule has 422 valence electrons. The average Bonchev–Trinajstić information content (AvgIpc) is 3.72. The monoisotopic (exact) mass is 1140 g/mol. The van der Waals surface area contributed by atoms with Gasteiger partial charge in [0.25, 0.3) is 0 Å². The van der Waals surface area contributed by atoms with Gasteiger partial charge in [-0.2, -0.15) is 15.2 Å². The number of nitrogens with two attached hydrogens (primary N) is 1. The van der Waals surface area contributed by atoms with Crippen LogP contribution in [-0.2, 0) is 27.8 Å². The van der Waals surface area contributed by atoms with Crippen molar-refractivity contribution in [3.05, 3.63) is 105 Å². The first-order valence-electron chi connectivity index (χ1n) is 27.9. The van der Waals surface area contributed by atoms with Crippen LogP contribution in [0.15, 0.2) is 59.2 Å². The lowest BCUT2D eigenvalue weighted by atomic mass is 9.63. The highest BCUT2D eigenvalue weighted by Crippen LogP contribution is 2.55. The third-order valence-corrected chi connectivity index (χ3v) is 19.2. The van der Waals surface area contributed by atoms with Crippen LogP contribution in [0.25, 0.3) is 22.0 Å². The number of thiophene rings is 1. The smallest absolute Gasteiger partial charge is 0.248 e. The summed E-state index contributed by atoms with van der Waals surface area (Å²) in [5, 5.41) is 38.4. The van der Waals surface area contributed by atoms with Gasteiger partial charge in [-0.15, -0.1) is 27.8 Å². The molecule has 0 bridgehead atoms. The predicted molar refractivity (Wildman–Crippen MR) is 299 cm³/mol. The maximum Gasteiger partial charge on any atom is 0.248 e. The molecular weight excluding hydrogens is 1070 g/mol. The van der Waals surface area contributed by atoms with Crippen molar-refractivity contribution in [2.24, 2.45) is 10.8 Å². The number of halogens is 1. The number of hydrogen-bond donors (Lipinski definition) is 3. The van der Waals surface area contributed by atoms with Crippen LogP contribution < -0.4 is 20.5 Å². The Balaban J connectivity index is 0.697. The Labute approximate surface area is 476 Å². The summed E-state index contributed by atoms with van der Waals surface area (Å²) >= 11 is 2.94. The maximum atomic E-state index is 15.5. The van der Waals surface area contributed by atoms with Crippen LogP contribution >= 0.6 is 22.7 Å². The van der Waals surface area contributed by atoms with Gasteiger partial charge in [-0.25, -0.2) is 24.0 Å². The maximum absolute atomic E-state index is 15.5. The molecule has 3 aliphatic carbocycles. The number of nitriles is 1. The first-order chi connectivity index (χ1) is 39.0. The zero-order valence-electron chi connectivity index (χ0n) is 46.0. The van der Waals surface area contributed by atoms with E-state index in [9.17, 15) is 20.0 Å². The number of fused-ring (bicyclic) bond motifs is 4. The van der Waals surface area contributed by atoms with Crippen LogP contribution in [0.1, 0.15) is 148 Å². The molecule has 1 aromatic carbocycles. The van der Waals surface area contributed by atoms with Crippen molar-refractivity contribution in [2.45, 2.75) is 141 Å². The summed E-state index contributed by atoms with van der Waals surface area (Å²) in [6, 6.07) is 6.52. The number of carbonyl (C=O) groups excluding carboxylic acids is 2. The summed E-state index contributed by atoms with van der Waals surface area (Å²) in [6.45, 7) is 12.4. The van der Waals surface area contributed by atoms with Crippen molar-refractivity contribution in [2.75, 3.05) is 38.5 Å². The second kappa shape index (κ2) is 21.6. The number of nitrogens with one attached hydrogen (secondary N) is 1. The molecule has 1 spiro atoms. The highest BCUT2D eigenvalue weighted by Gasteiger charge is 2.50. The van der Waals surface area contributed by atoms with Gasteiger partial charge in [0.05, 0.1) is 70.0 Å². The number of nitrogen functional groups attached to an aromatic ring is 1. The van der Waals surface area contributed by atoms with E-state index in [1.54, 1.807) is 41.6 Å². The van der Waals surface area contributed by atoms with E-state index in [2.05, 4.69) is 46.7 Å². The normalized spacial score (nSPS) is 21.5. The van der Waals surface area contributed by atoms with E-state index in [4.69, 9.17) is 29.7 Å². The fourth-order valence-electron chi connectivity index (χ4n) is 12.9. The van der Waals surface area contributed by atoms with E-state index in [-0.39, 0.29) is 36.1 Å². The second-order valence-electron chi connectivity index (χ2n) is 23.8. The number of anilines is 1. The number of hydrogen-bond acceptors (Lipinski definition) is 19. The molecule has 23 heteroatoms. The Morgan fingerprint density at radius 3 is 2.56 bits per heavy atom. The zero-order chi connectivity index (χ0) is 56.4. The van der Waals surface area contributed by atoms with Gasteiger partial charge in [-0.05, 0) is 114 Å². The summed E-state index contributed by atoms with van der Waals surface area (Å²) in [7, 11) is 0. The molecule has 6 aromatic heterocycles. The van der Waals surface area contributed by atoms with E-state index in [0.717, 1.165) is 115 Å². The summed E-state index contributed by atoms with van der Waals surface area (Å²) in [5.74, 6) is 0.916. The molecular formula is C58H65FN14O6S2. The minimum Gasteiger partial charge on any atom is -0.477 e. The quantitative estimate of drug-likeness (QED) is 0.0866. The van der Waals surface area contributed by atoms with Crippen LogP contribution in [0, 0.1) is 34.9 Å². The number of amides is 2. The number of nitrogens with zero attached hydrogens (tertiary/aromatic N) is 12. The summed E-state index contributed by atoms with van der Waals surface area (Å²) in [4.78, 5) is 56.9. The molecule has 3 fully saturated rings. The van der Waals surface area contributed by atoms with Crippen LogP contribution in [0.5, 0.6) is 17.5 Å². The second-order valence-corrected chi connectivity index (χ2v) is 25.8. The van der Waals surface area contributed by atoms with Crippen molar-refractivity contribution < 1.29 is 33.1 Å². The van der Waals surface area contributed by atoms with E-state index < -0.39 is 46.8 Å². The highest BCUT2D eigenvalue weighted by molar-refractivity contribution is 7.16. The summed E-state index contributed by atoms with van der Waals surface area (Å²) < 4.78 is 36.3. The number of aliphatic hydroxyl groups is 1. The Kier molecular flexibility index (Phi) is 14.5. The molecule has 81 heavy (non-hydrogen) atoms. The minimum absolute atomic E-state index is 0.0213. The van der Waals surface area contributed by atoms with Crippen LogP contribution in [-0.4, -0.2) is 117 Å². The van der Waals surface area contributed by atoms with Crippen LogP contribution in [0.4, 0.5) is 9.39 Å². The number of likely N-dealkylation sites (tertiary alicyclic amines) is 2. The van der Waals surface area contributed by atoms with Gasteiger partial charge >= 0.3 is 0 Å². The van der Waals surface area contributed by atoms with Crippen molar-refractivity contribution in [3.63, 3.8) is 0 Å². The molecule has 5 atom stereocenters. The fourth-order valence-corrected chi connectivity index (χ4v) is 14.8. The van der Waals surface area contributed by atoms with E-state index >= 15 is 4.39 Å². The largest absolute Gasteiger partial charge is 0.477 e. The van der Waals surface area contributed by atoms with Crippen molar-refractivity contribution >= 4 is 39.5 Å². The SMILES string of the molecule is Cc1ncsc1-c1ccc([C@H](C)NC(=O)[C@@H]2C[C@@H](O)CN2C(=O)[C@@H](n2cc(C3CCN(CC4(COc5cc(Oc6cncnc6)nc(-c6noc7c6CCC[C@@]76CCCc7sc(N)c(C#N)c76)n5)CC4)CC3)nn2)C(C)(C)C)c(F)c1. The van der Waals surface area contributed by atoms with Crippen LogP contribution in [0.3, 0.4) is 0 Å². The van der Waals surface area contributed by atoms with Gasteiger partial charge in [-0.1, -0.05) is 43.3 Å². The van der Waals surface area contributed by atoms with Gasteiger partial charge in [0.2, 0.25) is 23.6 Å². The predicted octanol–water partition coefficient (Wildman–Crippen LogP) is 8.82.